The van der Waals surface area contributed by atoms with Gasteiger partial charge in [0.25, 0.3) is 5.91 Å². The van der Waals surface area contributed by atoms with Crippen LogP contribution in [0, 0.1) is 6.92 Å². The van der Waals surface area contributed by atoms with Gasteiger partial charge in [0.05, 0.1) is 0 Å². The topological polar surface area (TPSA) is 54.9 Å². The third kappa shape index (κ3) is 4.00. The molecule has 1 N–H and O–H groups in total. The molecule has 132 valence electrons. The maximum absolute atomic E-state index is 13.7. The van der Waals surface area contributed by atoms with Gasteiger partial charge in [-0.3, -0.25) is 4.79 Å². The van der Waals surface area contributed by atoms with Gasteiger partial charge in [0.15, 0.2) is 0 Å². The van der Waals surface area contributed by atoms with Crippen LogP contribution in [-0.2, 0) is 5.41 Å². The van der Waals surface area contributed by atoms with Crippen molar-refractivity contribution in [1.29, 1.82) is 0 Å². The quantitative estimate of drug-likeness (QED) is 0.920. The number of nitrogens with one attached hydrogen (secondary N) is 1. The average molecular weight is 345 g/mol. The molecule has 0 radical (unpaired) electrons. The van der Waals surface area contributed by atoms with Gasteiger partial charge in [0.1, 0.15) is 5.82 Å². The number of benzene rings is 1. The maximum atomic E-state index is 13.7. The number of alkyl halides is 2. The van der Waals surface area contributed by atoms with E-state index in [1.54, 1.807) is 43.6 Å². The molecule has 1 saturated carbocycles. The van der Waals surface area contributed by atoms with Crippen LogP contribution in [0.1, 0.15) is 47.4 Å². The van der Waals surface area contributed by atoms with Crippen molar-refractivity contribution in [2.75, 3.05) is 6.54 Å². The summed E-state index contributed by atoms with van der Waals surface area (Å²) in [6.45, 7) is 2.08. The van der Waals surface area contributed by atoms with Gasteiger partial charge in [-0.1, -0.05) is 18.2 Å². The molecule has 1 aliphatic carbocycles. The maximum Gasteiger partial charge on any atom is 0.251 e. The first-order valence-corrected chi connectivity index (χ1v) is 8.41. The highest BCUT2D eigenvalue weighted by Gasteiger charge is 2.44. The largest absolute Gasteiger partial charge is 0.351 e. The second-order valence-electron chi connectivity index (χ2n) is 6.70. The fourth-order valence-corrected chi connectivity index (χ4v) is 3.27. The Bertz CT molecular complexity index is 722. The highest BCUT2D eigenvalue weighted by Crippen LogP contribution is 2.44. The monoisotopic (exact) mass is 345 g/mol. The highest BCUT2D eigenvalue weighted by molar-refractivity contribution is 5.94. The number of carbonyl (C=O) groups is 1. The second-order valence-corrected chi connectivity index (χ2v) is 6.70. The number of aryl methyl sites for hydroxylation is 1. The number of aromatic nitrogens is 2. The summed E-state index contributed by atoms with van der Waals surface area (Å²) in [4.78, 5) is 20.8. The van der Waals surface area contributed by atoms with E-state index in [1.165, 1.54) is 0 Å². The lowest BCUT2D eigenvalue weighted by atomic mass is 9.69. The Morgan fingerprint density at radius 3 is 2.28 bits per heavy atom. The first-order chi connectivity index (χ1) is 11.9. The van der Waals surface area contributed by atoms with Gasteiger partial charge in [0.2, 0.25) is 5.92 Å². The molecule has 1 aromatic carbocycles. The second kappa shape index (κ2) is 6.86. The molecule has 1 amide bonds. The standard InChI is InChI=1S/C19H21F2N3O/c1-14-22-11-16(12-23-14)18(7-9-19(20,21)10-8-18)13-24-17(25)15-5-3-2-4-6-15/h2-6,11-12H,7-10,13H2,1H3,(H,24,25). The molecule has 0 saturated heterocycles. The van der Waals surface area contributed by atoms with Crippen molar-refractivity contribution >= 4 is 5.91 Å². The van der Waals surface area contributed by atoms with Crippen LogP contribution >= 0.6 is 0 Å². The Hall–Kier alpha value is -2.37. The number of hydrogen-bond donors (Lipinski definition) is 1. The van der Waals surface area contributed by atoms with Gasteiger partial charge in [0, 0.05) is 42.8 Å². The summed E-state index contributed by atoms with van der Waals surface area (Å²) >= 11 is 0. The van der Waals surface area contributed by atoms with Crippen LogP contribution in [0.5, 0.6) is 0 Å². The molecule has 6 heteroatoms. The van der Waals surface area contributed by atoms with Gasteiger partial charge >= 0.3 is 0 Å². The van der Waals surface area contributed by atoms with E-state index in [2.05, 4.69) is 15.3 Å². The first kappa shape index (κ1) is 17.5. The molecule has 0 atom stereocenters. The molecule has 25 heavy (non-hydrogen) atoms. The molecule has 0 unspecified atom stereocenters. The molecule has 1 aromatic heterocycles. The molecule has 1 fully saturated rings. The zero-order valence-corrected chi connectivity index (χ0v) is 14.1. The minimum atomic E-state index is -2.64. The number of amides is 1. The van der Waals surface area contributed by atoms with E-state index in [9.17, 15) is 13.6 Å². The van der Waals surface area contributed by atoms with Crippen molar-refractivity contribution in [3.05, 3.63) is 59.7 Å². The smallest absolute Gasteiger partial charge is 0.251 e. The average Bonchev–Trinajstić information content (AvgIpc) is 2.62. The van der Waals surface area contributed by atoms with Crippen LogP contribution in [0.15, 0.2) is 42.7 Å². The van der Waals surface area contributed by atoms with Gasteiger partial charge in [-0.25, -0.2) is 18.7 Å². The third-order valence-corrected chi connectivity index (χ3v) is 4.96. The van der Waals surface area contributed by atoms with Crippen molar-refractivity contribution in [2.24, 2.45) is 0 Å². The summed E-state index contributed by atoms with van der Waals surface area (Å²) in [5.41, 5.74) is 0.806. The molecular formula is C19H21F2N3O. The number of rotatable bonds is 4. The Labute approximate surface area is 145 Å². The molecule has 3 rings (SSSR count). The predicted octanol–water partition coefficient (Wildman–Crippen LogP) is 3.66. The number of nitrogens with zero attached hydrogens (tertiary/aromatic N) is 2. The van der Waals surface area contributed by atoms with Gasteiger partial charge in [-0.2, -0.15) is 0 Å². The van der Waals surface area contributed by atoms with Crippen LogP contribution in [0.25, 0.3) is 0 Å². The van der Waals surface area contributed by atoms with E-state index in [0.29, 0.717) is 30.8 Å². The van der Waals surface area contributed by atoms with Crippen LogP contribution in [0.4, 0.5) is 8.78 Å². The lowest BCUT2D eigenvalue weighted by molar-refractivity contribution is -0.0517. The number of halogens is 2. The fraction of sp³-hybridized carbons (Fsp3) is 0.421. The Morgan fingerprint density at radius 2 is 1.68 bits per heavy atom. The van der Waals surface area contributed by atoms with Crippen LogP contribution in [0.2, 0.25) is 0 Å². The number of carbonyl (C=O) groups excluding carboxylic acids is 1. The lowest BCUT2D eigenvalue weighted by Crippen LogP contribution is -2.45. The summed E-state index contributed by atoms with van der Waals surface area (Å²) in [5.74, 6) is -2.21. The molecular weight excluding hydrogens is 324 g/mol. The lowest BCUT2D eigenvalue weighted by Gasteiger charge is -2.40. The summed E-state index contributed by atoms with van der Waals surface area (Å²) in [6.07, 6.45) is 3.59. The minimum Gasteiger partial charge on any atom is -0.351 e. The molecule has 0 aliphatic heterocycles. The Balaban J connectivity index is 1.80. The molecule has 2 aromatic rings. The third-order valence-electron chi connectivity index (χ3n) is 4.96. The first-order valence-electron chi connectivity index (χ1n) is 8.41. The molecule has 0 spiro atoms. The predicted molar refractivity (Wildman–Crippen MR) is 90.6 cm³/mol. The van der Waals surface area contributed by atoms with Gasteiger partial charge in [-0.05, 0) is 37.5 Å². The van der Waals surface area contributed by atoms with Crippen molar-refractivity contribution in [3.63, 3.8) is 0 Å². The fourth-order valence-electron chi connectivity index (χ4n) is 3.27. The van der Waals surface area contributed by atoms with E-state index in [-0.39, 0.29) is 18.7 Å². The SMILES string of the molecule is Cc1ncc(C2(CNC(=O)c3ccccc3)CCC(F)(F)CC2)cn1. The Kier molecular flexibility index (Phi) is 4.79. The zero-order chi connectivity index (χ0) is 17.9. The van der Waals surface area contributed by atoms with Crippen LogP contribution in [-0.4, -0.2) is 28.3 Å². The summed E-state index contributed by atoms with van der Waals surface area (Å²) in [6, 6.07) is 8.88. The minimum absolute atomic E-state index is 0.192. The van der Waals surface area contributed by atoms with E-state index in [4.69, 9.17) is 0 Å². The van der Waals surface area contributed by atoms with E-state index >= 15 is 0 Å². The summed E-state index contributed by atoms with van der Waals surface area (Å²) in [5, 5.41) is 2.91. The summed E-state index contributed by atoms with van der Waals surface area (Å²) < 4.78 is 27.3. The summed E-state index contributed by atoms with van der Waals surface area (Å²) in [7, 11) is 0. The molecule has 1 heterocycles. The van der Waals surface area contributed by atoms with Gasteiger partial charge in [-0.15, -0.1) is 0 Å². The van der Waals surface area contributed by atoms with Crippen LogP contribution < -0.4 is 5.32 Å². The van der Waals surface area contributed by atoms with Gasteiger partial charge < -0.3 is 5.32 Å². The van der Waals surface area contributed by atoms with E-state index in [1.807, 2.05) is 6.07 Å². The molecule has 0 bridgehead atoms. The van der Waals surface area contributed by atoms with Crippen molar-refractivity contribution in [1.82, 2.24) is 15.3 Å². The van der Waals surface area contributed by atoms with Crippen molar-refractivity contribution < 1.29 is 13.6 Å². The molecule has 1 aliphatic rings. The van der Waals surface area contributed by atoms with Crippen LogP contribution in [0.3, 0.4) is 0 Å². The molecule has 4 nitrogen and oxygen atoms in total. The van der Waals surface area contributed by atoms with E-state index < -0.39 is 11.3 Å². The zero-order valence-electron chi connectivity index (χ0n) is 14.1. The van der Waals surface area contributed by atoms with E-state index in [0.717, 1.165) is 5.56 Å². The van der Waals surface area contributed by atoms with Crippen molar-refractivity contribution in [2.45, 2.75) is 43.9 Å². The highest BCUT2D eigenvalue weighted by atomic mass is 19.3. The Morgan fingerprint density at radius 1 is 1.08 bits per heavy atom. The number of hydrogen-bond acceptors (Lipinski definition) is 3. The van der Waals surface area contributed by atoms with Crippen molar-refractivity contribution in [3.8, 4) is 0 Å². The normalized spacial score (nSPS) is 18.5.